The van der Waals surface area contributed by atoms with Crippen molar-refractivity contribution in [2.45, 2.75) is 16.1 Å². The Hall–Kier alpha value is -3.97. The number of amides is 1. The maximum atomic E-state index is 13.4. The molecule has 0 spiro atoms. The second-order valence-electron chi connectivity index (χ2n) is 8.62. The summed E-state index contributed by atoms with van der Waals surface area (Å²) in [5.74, 6) is -1.27. The number of carbonyl (C=O) groups is 2. The van der Waals surface area contributed by atoms with E-state index in [9.17, 15) is 24.8 Å². The van der Waals surface area contributed by atoms with E-state index in [0.717, 1.165) is 21.8 Å². The Kier molecular flexibility index (Phi) is 8.27. The predicted octanol–water partition coefficient (Wildman–Crippen LogP) is 6.68. The van der Waals surface area contributed by atoms with E-state index in [1.54, 1.807) is 42.5 Å². The molecule has 1 aliphatic rings. The number of rotatable bonds is 8. The zero-order valence-corrected chi connectivity index (χ0v) is 24.1. The molecule has 0 saturated carbocycles. The Balaban J connectivity index is 1.54. The Morgan fingerprint density at radius 3 is 2.44 bits per heavy atom. The predicted molar refractivity (Wildman–Crippen MR) is 157 cm³/mol. The number of Topliss-reactive ketones (excluding diaryl/α,β-unsaturated/α-hetero) is 1. The van der Waals surface area contributed by atoms with Gasteiger partial charge in [-0.05, 0) is 59.7 Å². The van der Waals surface area contributed by atoms with Crippen molar-refractivity contribution in [2.24, 2.45) is 0 Å². The van der Waals surface area contributed by atoms with Gasteiger partial charge in [-0.2, -0.15) is 0 Å². The van der Waals surface area contributed by atoms with Crippen molar-refractivity contribution < 1.29 is 24.4 Å². The number of nitrogens with zero attached hydrogens (tertiary/aromatic N) is 4. The minimum absolute atomic E-state index is 0.119. The first-order valence-electron chi connectivity index (χ1n) is 11.8. The number of ether oxygens (including phenoxy) is 1. The molecule has 10 nitrogen and oxygen atoms in total. The number of nitro benzene ring substituents is 1. The first-order chi connectivity index (χ1) is 19.7. The van der Waals surface area contributed by atoms with Crippen LogP contribution in [0.2, 0.25) is 10.0 Å². The average Bonchev–Trinajstić information content (AvgIpc) is 3.54. The average molecular weight is 630 g/mol. The molecule has 0 aliphatic carbocycles. The van der Waals surface area contributed by atoms with Gasteiger partial charge < -0.3 is 9.84 Å². The number of ketones is 1. The van der Waals surface area contributed by atoms with E-state index in [-0.39, 0.29) is 22.0 Å². The Morgan fingerprint density at radius 2 is 1.80 bits per heavy atom. The second-order valence-corrected chi connectivity index (χ2v) is 11.6. The van der Waals surface area contributed by atoms with Crippen LogP contribution in [0.3, 0.4) is 0 Å². The Labute approximate surface area is 251 Å². The monoisotopic (exact) mass is 628 g/mol. The first kappa shape index (κ1) is 28.6. The molecule has 0 bridgehead atoms. The maximum absolute atomic E-state index is 13.4. The van der Waals surface area contributed by atoms with Crippen LogP contribution in [0.15, 0.2) is 76.6 Å². The third-order valence-corrected chi connectivity index (χ3v) is 8.89. The summed E-state index contributed by atoms with van der Waals surface area (Å²) in [5.41, 5.74) is 1.11. The van der Waals surface area contributed by atoms with Gasteiger partial charge in [0.1, 0.15) is 11.5 Å². The lowest BCUT2D eigenvalue weighted by atomic mass is 9.95. The lowest BCUT2D eigenvalue weighted by Gasteiger charge is -2.22. The van der Waals surface area contributed by atoms with E-state index in [2.05, 4.69) is 10.2 Å². The van der Waals surface area contributed by atoms with Crippen molar-refractivity contribution >= 4 is 74.6 Å². The van der Waals surface area contributed by atoms with Crippen LogP contribution < -0.4 is 9.64 Å². The quantitative estimate of drug-likeness (QED) is 0.0431. The highest BCUT2D eigenvalue weighted by molar-refractivity contribution is 8.00. The summed E-state index contributed by atoms with van der Waals surface area (Å²) >= 11 is 14.7. The number of hydrogen-bond donors (Lipinski definition) is 1. The van der Waals surface area contributed by atoms with Crippen molar-refractivity contribution in [1.29, 1.82) is 0 Å². The highest BCUT2D eigenvalue weighted by Gasteiger charge is 2.48. The fraction of sp³-hybridized carbons (Fsp3) is 0.111. The Bertz CT molecular complexity index is 1690. The summed E-state index contributed by atoms with van der Waals surface area (Å²) in [4.78, 5) is 38.6. The summed E-state index contributed by atoms with van der Waals surface area (Å²) in [6.07, 6.45) is 0. The van der Waals surface area contributed by atoms with Crippen molar-refractivity contribution in [3.05, 3.63) is 109 Å². The van der Waals surface area contributed by atoms with Gasteiger partial charge in [0.05, 0.1) is 23.6 Å². The Morgan fingerprint density at radius 1 is 1.10 bits per heavy atom. The number of thioether (sulfide) groups is 1. The molecule has 1 N–H and O–H groups in total. The molecule has 1 fully saturated rings. The number of benzene rings is 3. The van der Waals surface area contributed by atoms with Gasteiger partial charge >= 0.3 is 5.91 Å². The van der Waals surface area contributed by atoms with E-state index < -0.39 is 28.4 Å². The highest BCUT2D eigenvalue weighted by Crippen LogP contribution is 2.44. The summed E-state index contributed by atoms with van der Waals surface area (Å²) in [6.45, 7) is 0. The van der Waals surface area contributed by atoms with Crippen LogP contribution in [0.25, 0.3) is 5.76 Å². The minimum Gasteiger partial charge on any atom is -0.507 e. The molecule has 3 aromatic carbocycles. The number of hydrogen-bond acceptors (Lipinski definition) is 10. The van der Waals surface area contributed by atoms with Gasteiger partial charge in [-0.15, -0.1) is 10.2 Å². The number of aliphatic hydroxyl groups excluding tert-OH is 1. The zero-order chi connectivity index (χ0) is 29.3. The summed E-state index contributed by atoms with van der Waals surface area (Å²) in [5, 5.41) is 31.9. The molecular formula is C27H18Cl2N4O6S2. The maximum Gasteiger partial charge on any atom is 0.301 e. The number of non-ortho nitro benzene ring substituents is 1. The first-order valence-corrected chi connectivity index (χ1v) is 14.3. The van der Waals surface area contributed by atoms with Crippen LogP contribution in [0.5, 0.6) is 5.75 Å². The van der Waals surface area contributed by atoms with E-state index in [4.69, 9.17) is 27.9 Å². The molecule has 41 heavy (non-hydrogen) atoms. The van der Waals surface area contributed by atoms with E-state index in [1.807, 2.05) is 0 Å². The van der Waals surface area contributed by atoms with Gasteiger partial charge in [0.15, 0.2) is 4.34 Å². The van der Waals surface area contributed by atoms with Crippen molar-refractivity contribution in [3.63, 3.8) is 0 Å². The van der Waals surface area contributed by atoms with E-state index in [0.29, 0.717) is 31.5 Å². The molecule has 1 unspecified atom stereocenters. The molecule has 2 heterocycles. The normalized spacial score (nSPS) is 16.3. The third kappa shape index (κ3) is 5.77. The minimum atomic E-state index is -1.12. The molecule has 14 heteroatoms. The van der Waals surface area contributed by atoms with Crippen LogP contribution in [-0.4, -0.2) is 39.0 Å². The molecule has 4 aromatic rings. The number of carbonyl (C=O) groups excluding carboxylic acids is 2. The van der Waals surface area contributed by atoms with Crippen LogP contribution >= 0.6 is 46.3 Å². The van der Waals surface area contributed by atoms with E-state index >= 15 is 0 Å². The largest absolute Gasteiger partial charge is 0.507 e. The molecule has 5 rings (SSSR count). The third-order valence-electron chi connectivity index (χ3n) is 6.20. The topological polar surface area (TPSA) is 136 Å². The van der Waals surface area contributed by atoms with Gasteiger partial charge in [0, 0.05) is 33.5 Å². The van der Waals surface area contributed by atoms with Crippen molar-refractivity contribution in [2.75, 3.05) is 12.0 Å². The number of anilines is 1. The molecule has 208 valence electrons. The molecule has 0 radical (unpaired) electrons. The lowest BCUT2D eigenvalue weighted by molar-refractivity contribution is -0.384. The number of nitro groups is 1. The van der Waals surface area contributed by atoms with E-state index in [1.165, 1.54) is 43.1 Å². The number of methoxy groups -OCH3 is 1. The van der Waals surface area contributed by atoms with Gasteiger partial charge in [0.2, 0.25) is 5.13 Å². The number of aromatic nitrogens is 2. The lowest BCUT2D eigenvalue weighted by Crippen LogP contribution is -2.29. The molecule has 1 amide bonds. The van der Waals surface area contributed by atoms with Crippen LogP contribution in [0.4, 0.5) is 10.8 Å². The highest BCUT2D eigenvalue weighted by atomic mass is 35.5. The second kappa shape index (κ2) is 11.9. The smallest absolute Gasteiger partial charge is 0.301 e. The number of halogens is 2. The summed E-state index contributed by atoms with van der Waals surface area (Å²) in [6, 6.07) is 15.7. The molecular weight excluding hydrogens is 611 g/mol. The number of aliphatic hydroxyl groups is 1. The SMILES string of the molecule is COc1ccc(/C(O)=C2/C(=O)C(=O)N(c3nnc(SCc4ccc(Cl)cc4Cl)s3)C2c2ccc([N+](=O)[O-])cc2)cc1. The standard InChI is InChI=1S/C27H18Cl2N4O6S2/c1-39-19-10-5-15(6-11-19)23(34)21-22(14-3-8-18(9-4-14)33(37)38)32(25(36)24(21)35)26-30-31-27(41-26)40-13-16-2-7-17(28)12-20(16)29/h2-12,22,34H,13H2,1H3/b23-21-. The summed E-state index contributed by atoms with van der Waals surface area (Å²) in [7, 11) is 1.49. The van der Waals surface area contributed by atoms with Gasteiger partial charge in [-0.25, -0.2) is 0 Å². The van der Waals surface area contributed by atoms with Gasteiger partial charge in [0.25, 0.3) is 11.5 Å². The summed E-state index contributed by atoms with van der Waals surface area (Å²) < 4.78 is 5.66. The van der Waals surface area contributed by atoms with Gasteiger partial charge in [-0.3, -0.25) is 24.6 Å². The molecule has 1 aromatic heterocycles. The zero-order valence-electron chi connectivity index (χ0n) is 21.0. The van der Waals surface area contributed by atoms with Crippen LogP contribution in [-0.2, 0) is 15.3 Å². The molecule has 1 aliphatic heterocycles. The van der Waals surface area contributed by atoms with Crippen molar-refractivity contribution in [1.82, 2.24) is 10.2 Å². The van der Waals surface area contributed by atoms with Crippen LogP contribution in [0, 0.1) is 10.1 Å². The fourth-order valence-electron chi connectivity index (χ4n) is 4.16. The van der Waals surface area contributed by atoms with Crippen molar-refractivity contribution in [3.8, 4) is 5.75 Å². The van der Waals surface area contributed by atoms with Crippen LogP contribution in [0.1, 0.15) is 22.7 Å². The molecule has 1 saturated heterocycles. The fourth-order valence-corrected chi connectivity index (χ4v) is 6.59. The van der Waals surface area contributed by atoms with Gasteiger partial charge in [-0.1, -0.05) is 52.4 Å². The molecule has 1 atom stereocenters.